The van der Waals surface area contributed by atoms with E-state index in [-0.39, 0.29) is 5.91 Å². The van der Waals surface area contributed by atoms with Crippen LogP contribution in [0.5, 0.6) is 0 Å². The van der Waals surface area contributed by atoms with E-state index in [4.69, 9.17) is 0 Å². The highest BCUT2D eigenvalue weighted by Gasteiger charge is 2.22. The van der Waals surface area contributed by atoms with Crippen molar-refractivity contribution in [1.29, 1.82) is 0 Å². The van der Waals surface area contributed by atoms with E-state index in [9.17, 15) is 4.79 Å². The molecule has 2 rings (SSSR count). The number of rotatable bonds is 5. The largest absolute Gasteiger partial charge is 0.353 e. The van der Waals surface area contributed by atoms with Gasteiger partial charge in [-0.1, -0.05) is 13.3 Å². The second-order valence-corrected chi connectivity index (χ2v) is 6.03. The number of piperidine rings is 2. The van der Waals surface area contributed by atoms with E-state index in [2.05, 4.69) is 22.5 Å². The van der Waals surface area contributed by atoms with Crippen LogP contribution in [-0.4, -0.2) is 49.1 Å². The lowest BCUT2D eigenvalue weighted by Crippen LogP contribution is -2.46. The standard InChI is InChI=1S/C15H29N3O/c1-2-9-18-10-6-13(7-11-18)17-15(19)12-14-5-3-4-8-16-14/h13-14,16H,2-12H2,1H3,(H,17,19). The molecule has 0 aromatic rings. The van der Waals surface area contributed by atoms with Crippen molar-refractivity contribution in [3.8, 4) is 0 Å². The Bertz CT molecular complexity index is 269. The first-order chi connectivity index (χ1) is 9.28. The molecule has 2 heterocycles. The van der Waals surface area contributed by atoms with Gasteiger partial charge in [0.1, 0.15) is 0 Å². The summed E-state index contributed by atoms with van der Waals surface area (Å²) >= 11 is 0. The molecule has 110 valence electrons. The predicted octanol–water partition coefficient (Wildman–Crippen LogP) is 1.51. The van der Waals surface area contributed by atoms with Gasteiger partial charge in [-0.15, -0.1) is 0 Å². The molecule has 2 aliphatic heterocycles. The number of nitrogens with one attached hydrogen (secondary N) is 2. The fourth-order valence-corrected chi connectivity index (χ4v) is 3.23. The Balaban J connectivity index is 1.63. The Morgan fingerprint density at radius 3 is 2.68 bits per heavy atom. The van der Waals surface area contributed by atoms with Gasteiger partial charge in [-0.25, -0.2) is 0 Å². The summed E-state index contributed by atoms with van der Waals surface area (Å²) in [7, 11) is 0. The molecule has 0 saturated carbocycles. The van der Waals surface area contributed by atoms with Crippen molar-refractivity contribution >= 4 is 5.91 Å². The molecule has 0 spiro atoms. The van der Waals surface area contributed by atoms with E-state index in [0.717, 1.165) is 38.9 Å². The summed E-state index contributed by atoms with van der Waals surface area (Å²) in [5.74, 6) is 0.244. The first-order valence-electron chi connectivity index (χ1n) is 8.03. The molecule has 2 fully saturated rings. The van der Waals surface area contributed by atoms with Crippen molar-refractivity contribution in [1.82, 2.24) is 15.5 Å². The second kappa shape index (κ2) is 7.85. The highest BCUT2D eigenvalue weighted by atomic mass is 16.1. The Kier molecular flexibility index (Phi) is 6.11. The summed E-state index contributed by atoms with van der Waals surface area (Å²) < 4.78 is 0. The minimum absolute atomic E-state index is 0.244. The van der Waals surface area contributed by atoms with Crippen molar-refractivity contribution in [2.45, 2.75) is 64.0 Å². The molecule has 2 N–H and O–H groups in total. The number of hydrogen-bond acceptors (Lipinski definition) is 3. The number of nitrogens with zero attached hydrogens (tertiary/aromatic N) is 1. The Morgan fingerprint density at radius 2 is 2.05 bits per heavy atom. The first kappa shape index (κ1) is 14.8. The van der Waals surface area contributed by atoms with Crippen molar-refractivity contribution in [2.24, 2.45) is 0 Å². The van der Waals surface area contributed by atoms with Gasteiger partial charge in [0.2, 0.25) is 5.91 Å². The zero-order chi connectivity index (χ0) is 13.5. The van der Waals surface area contributed by atoms with Crippen LogP contribution in [0.15, 0.2) is 0 Å². The molecular formula is C15H29N3O. The lowest BCUT2D eigenvalue weighted by Gasteiger charge is -2.32. The van der Waals surface area contributed by atoms with E-state index >= 15 is 0 Å². The fraction of sp³-hybridized carbons (Fsp3) is 0.933. The number of likely N-dealkylation sites (tertiary alicyclic amines) is 1. The molecule has 0 aliphatic carbocycles. The maximum Gasteiger partial charge on any atom is 0.221 e. The lowest BCUT2D eigenvalue weighted by molar-refractivity contribution is -0.122. The van der Waals surface area contributed by atoms with Gasteiger partial charge in [0.15, 0.2) is 0 Å². The highest BCUT2D eigenvalue weighted by molar-refractivity contribution is 5.76. The lowest BCUT2D eigenvalue weighted by atomic mass is 10.0. The monoisotopic (exact) mass is 267 g/mol. The van der Waals surface area contributed by atoms with Crippen molar-refractivity contribution in [2.75, 3.05) is 26.2 Å². The fourth-order valence-electron chi connectivity index (χ4n) is 3.23. The minimum Gasteiger partial charge on any atom is -0.353 e. The summed E-state index contributed by atoms with van der Waals surface area (Å²) in [6.45, 7) is 6.78. The third-order valence-electron chi connectivity index (χ3n) is 4.34. The average molecular weight is 267 g/mol. The smallest absolute Gasteiger partial charge is 0.221 e. The molecule has 2 aliphatic rings. The van der Waals surface area contributed by atoms with E-state index in [1.165, 1.54) is 25.8 Å². The van der Waals surface area contributed by atoms with Crippen LogP contribution in [-0.2, 0) is 4.79 Å². The van der Waals surface area contributed by atoms with Crippen LogP contribution in [0.25, 0.3) is 0 Å². The molecule has 1 atom stereocenters. The van der Waals surface area contributed by atoms with Crippen LogP contribution < -0.4 is 10.6 Å². The Morgan fingerprint density at radius 1 is 1.26 bits per heavy atom. The third kappa shape index (κ3) is 5.11. The van der Waals surface area contributed by atoms with Gasteiger partial charge in [0.25, 0.3) is 0 Å². The van der Waals surface area contributed by atoms with Crippen LogP contribution in [0.2, 0.25) is 0 Å². The molecule has 4 nitrogen and oxygen atoms in total. The molecule has 1 amide bonds. The van der Waals surface area contributed by atoms with Crippen molar-refractivity contribution in [3.63, 3.8) is 0 Å². The Labute approximate surface area is 117 Å². The van der Waals surface area contributed by atoms with Crippen LogP contribution in [0, 0.1) is 0 Å². The van der Waals surface area contributed by atoms with E-state index in [0.29, 0.717) is 18.5 Å². The van der Waals surface area contributed by atoms with Crippen LogP contribution in [0.1, 0.15) is 51.9 Å². The third-order valence-corrected chi connectivity index (χ3v) is 4.34. The summed E-state index contributed by atoms with van der Waals surface area (Å²) in [5.41, 5.74) is 0. The van der Waals surface area contributed by atoms with Crippen LogP contribution in [0.3, 0.4) is 0 Å². The zero-order valence-corrected chi connectivity index (χ0v) is 12.3. The average Bonchev–Trinajstić information content (AvgIpc) is 2.42. The van der Waals surface area contributed by atoms with Gasteiger partial charge >= 0.3 is 0 Å². The molecule has 0 aromatic carbocycles. The zero-order valence-electron chi connectivity index (χ0n) is 12.3. The second-order valence-electron chi connectivity index (χ2n) is 6.03. The van der Waals surface area contributed by atoms with E-state index in [1.54, 1.807) is 0 Å². The molecule has 0 bridgehead atoms. The topological polar surface area (TPSA) is 44.4 Å². The van der Waals surface area contributed by atoms with E-state index in [1.807, 2.05) is 0 Å². The Hall–Kier alpha value is -0.610. The minimum atomic E-state index is 0.244. The van der Waals surface area contributed by atoms with Gasteiger partial charge in [0, 0.05) is 31.6 Å². The SMILES string of the molecule is CCCN1CCC(NC(=O)CC2CCCCN2)CC1. The van der Waals surface area contributed by atoms with E-state index < -0.39 is 0 Å². The van der Waals surface area contributed by atoms with Gasteiger partial charge < -0.3 is 15.5 Å². The van der Waals surface area contributed by atoms with Gasteiger partial charge in [-0.3, -0.25) is 4.79 Å². The highest BCUT2D eigenvalue weighted by Crippen LogP contribution is 2.13. The van der Waals surface area contributed by atoms with Crippen LogP contribution in [0.4, 0.5) is 0 Å². The molecule has 4 heteroatoms. The molecular weight excluding hydrogens is 238 g/mol. The molecule has 2 saturated heterocycles. The van der Waals surface area contributed by atoms with Crippen molar-refractivity contribution in [3.05, 3.63) is 0 Å². The predicted molar refractivity (Wildman–Crippen MR) is 78.2 cm³/mol. The maximum atomic E-state index is 12.0. The summed E-state index contributed by atoms with van der Waals surface area (Å²) in [6.07, 6.45) is 7.80. The normalized spacial score (nSPS) is 26.3. The molecule has 0 radical (unpaired) electrons. The van der Waals surface area contributed by atoms with Gasteiger partial charge in [-0.2, -0.15) is 0 Å². The van der Waals surface area contributed by atoms with Crippen molar-refractivity contribution < 1.29 is 4.79 Å². The van der Waals surface area contributed by atoms with Gasteiger partial charge in [-0.05, 0) is 45.2 Å². The molecule has 0 aromatic heterocycles. The number of carbonyl (C=O) groups is 1. The quantitative estimate of drug-likeness (QED) is 0.793. The number of amides is 1. The summed E-state index contributed by atoms with van der Waals surface area (Å²) in [4.78, 5) is 14.5. The van der Waals surface area contributed by atoms with Crippen LogP contribution >= 0.6 is 0 Å². The molecule has 19 heavy (non-hydrogen) atoms. The number of hydrogen-bond donors (Lipinski definition) is 2. The first-order valence-corrected chi connectivity index (χ1v) is 8.03. The number of carbonyl (C=O) groups excluding carboxylic acids is 1. The summed E-state index contributed by atoms with van der Waals surface area (Å²) in [6, 6.07) is 0.818. The maximum absolute atomic E-state index is 12.0. The summed E-state index contributed by atoms with van der Waals surface area (Å²) in [5, 5.41) is 6.67. The molecule has 1 unspecified atom stereocenters. The van der Waals surface area contributed by atoms with Gasteiger partial charge in [0.05, 0.1) is 0 Å².